The fourth-order valence-corrected chi connectivity index (χ4v) is 2.08. The number of alkyl halides is 1. The maximum Gasteiger partial charge on any atom is 0.0837 e. The predicted molar refractivity (Wildman–Crippen MR) is 68.8 cm³/mol. The van der Waals surface area contributed by atoms with Gasteiger partial charge in [-0.3, -0.25) is 4.90 Å². The summed E-state index contributed by atoms with van der Waals surface area (Å²) in [6.07, 6.45) is 1.23. The molecule has 1 fully saturated rings. The Morgan fingerprint density at radius 2 is 2.18 bits per heavy atom. The van der Waals surface area contributed by atoms with Gasteiger partial charge in [-0.1, -0.05) is 0 Å². The van der Waals surface area contributed by atoms with Crippen LogP contribution >= 0.6 is 11.6 Å². The van der Waals surface area contributed by atoms with Crippen LogP contribution in [0, 0.1) is 0 Å². The summed E-state index contributed by atoms with van der Waals surface area (Å²) >= 11 is 5.82. The lowest BCUT2D eigenvalue weighted by Crippen LogP contribution is -2.49. The number of nitrogens with zero attached hydrogens (tertiary/aromatic N) is 1. The lowest BCUT2D eigenvalue weighted by atomic mass is 10.2. The number of ether oxygens (including phenoxy) is 3. The summed E-state index contributed by atoms with van der Waals surface area (Å²) in [7, 11) is 1.69. The Morgan fingerprint density at radius 3 is 2.88 bits per heavy atom. The van der Waals surface area contributed by atoms with Crippen molar-refractivity contribution in [2.24, 2.45) is 0 Å². The molecule has 0 saturated carbocycles. The van der Waals surface area contributed by atoms with Gasteiger partial charge in [0.15, 0.2) is 0 Å². The molecule has 0 aliphatic carbocycles. The van der Waals surface area contributed by atoms with E-state index in [4.69, 9.17) is 25.8 Å². The van der Waals surface area contributed by atoms with Crippen LogP contribution in [0.4, 0.5) is 0 Å². The second kappa shape index (κ2) is 9.11. The van der Waals surface area contributed by atoms with Crippen molar-refractivity contribution in [3.63, 3.8) is 0 Å². The van der Waals surface area contributed by atoms with E-state index in [-0.39, 0.29) is 6.10 Å². The first kappa shape index (κ1) is 15.2. The molecule has 102 valence electrons. The zero-order chi connectivity index (χ0) is 12.5. The summed E-state index contributed by atoms with van der Waals surface area (Å²) in [6, 6.07) is 0.480. The van der Waals surface area contributed by atoms with Crippen LogP contribution in [-0.4, -0.2) is 69.6 Å². The minimum absolute atomic E-state index is 0.183. The highest BCUT2D eigenvalue weighted by Gasteiger charge is 2.24. The van der Waals surface area contributed by atoms with E-state index in [0.29, 0.717) is 25.1 Å². The van der Waals surface area contributed by atoms with E-state index in [1.807, 2.05) is 0 Å². The van der Waals surface area contributed by atoms with Gasteiger partial charge in [0, 0.05) is 38.7 Å². The van der Waals surface area contributed by atoms with Gasteiger partial charge in [0.1, 0.15) is 0 Å². The van der Waals surface area contributed by atoms with Gasteiger partial charge in [-0.25, -0.2) is 0 Å². The maximum atomic E-state index is 5.82. The first-order valence-corrected chi connectivity index (χ1v) is 6.79. The highest BCUT2D eigenvalue weighted by Crippen LogP contribution is 2.12. The van der Waals surface area contributed by atoms with Crippen LogP contribution < -0.4 is 0 Å². The Labute approximate surface area is 109 Å². The van der Waals surface area contributed by atoms with Crippen LogP contribution in [0.2, 0.25) is 0 Å². The third kappa shape index (κ3) is 6.02. The van der Waals surface area contributed by atoms with Gasteiger partial charge in [0.2, 0.25) is 0 Å². The molecule has 0 aromatic carbocycles. The molecule has 17 heavy (non-hydrogen) atoms. The van der Waals surface area contributed by atoms with Gasteiger partial charge in [-0.15, -0.1) is 11.6 Å². The largest absolute Gasteiger partial charge is 0.382 e. The van der Waals surface area contributed by atoms with E-state index >= 15 is 0 Å². The van der Waals surface area contributed by atoms with E-state index in [9.17, 15) is 0 Å². The van der Waals surface area contributed by atoms with Crippen LogP contribution in [0.25, 0.3) is 0 Å². The molecular formula is C12H24ClNO3. The van der Waals surface area contributed by atoms with Crippen molar-refractivity contribution in [1.29, 1.82) is 0 Å². The molecule has 0 amide bonds. The summed E-state index contributed by atoms with van der Waals surface area (Å²) in [5, 5.41) is 0. The van der Waals surface area contributed by atoms with Crippen molar-refractivity contribution in [2.75, 3.05) is 52.5 Å². The van der Waals surface area contributed by atoms with Gasteiger partial charge in [0.05, 0.1) is 25.9 Å². The van der Waals surface area contributed by atoms with E-state index < -0.39 is 0 Å². The van der Waals surface area contributed by atoms with Gasteiger partial charge < -0.3 is 14.2 Å². The molecule has 0 aromatic heterocycles. The maximum absolute atomic E-state index is 5.82. The van der Waals surface area contributed by atoms with Crippen molar-refractivity contribution >= 4 is 11.6 Å². The standard InChI is InChI=1S/C12H24ClNO3/c1-11-10-17-12(8-13)9-14(11)4-3-5-16-7-6-15-2/h11-12H,3-10H2,1-2H3. The topological polar surface area (TPSA) is 30.9 Å². The SMILES string of the molecule is COCCOCCCN1CC(CCl)OCC1C. The summed E-state index contributed by atoms with van der Waals surface area (Å²) < 4.78 is 16.0. The van der Waals surface area contributed by atoms with Crippen molar-refractivity contribution in [3.8, 4) is 0 Å². The third-order valence-electron chi connectivity index (χ3n) is 2.97. The molecule has 2 unspecified atom stereocenters. The quantitative estimate of drug-likeness (QED) is 0.490. The van der Waals surface area contributed by atoms with E-state index in [1.54, 1.807) is 7.11 Å². The van der Waals surface area contributed by atoms with Crippen LogP contribution in [0.15, 0.2) is 0 Å². The van der Waals surface area contributed by atoms with Crippen LogP contribution in [-0.2, 0) is 14.2 Å². The lowest BCUT2D eigenvalue weighted by molar-refractivity contribution is -0.0502. The minimum atomic E-state index is 0.183. The molecule has 1 heterocycles. The molecular weight excluding hydrogens is 242 g/mol. The summed E-state index contributed by atoms with van der Waals surface area (Å²) in [6.45, 7) is 7.09. The molecule has 1 rings (SSSR count). The Hall–Kier alpha value is 0.130. The van der Waals surface area contributed by atoms with E-state index in [2.05, 4.69) is 11.8 Å². The van der Waals surface area contributed by atoms with Crippen molar-refractivity contribution in [2.45, 2.75) is 25.5 Å². The molecule has 1 saturated heterocycles. The average Bonchev–Trinajstić information content (AvgIpc) is 2.35. The van der Waals surface area contributed by atoms with Crippen molar-refractivity contribution in [1.82, 2.24) is 4.90 Å². The molecule has 1 aliphatic heterocycles. The van der Waals surface area contributed by atoms with Gasteiger partial charge >= 0.3 is 0 Å². The number of hydrogen-bond donors (Lipinski definition) is 0. The first-order valence-electron chi connectivity index (χ1n) is 6.26. The van der Waals surface area contributed by atoms with Crippen LogP contribution in [0.1, 0.15) is 13.3 Å². The van der Waals surface area contributed by atoms with Crippen LogP contribution in [0.3, 0.4) is 0 Å². The van der Waals surface area contributed by atoms with Gasteiger partial charge in [-0.2, -0.15) is 0 Å². The normalized spacial score (nSPS) is 26.3. The second-order valence-electron chi connectivity index (χ2n) is 4.41. The molecule has 0 spiro atoms. The Morgan fingerprint density at radius 1 is 1.35 bits per heavy atom. The smallest absolute Gasteiger partial charge is 0.0837 e. The monoisotopic (exact) mass is 265 g/mol. The predicted octanol–water partition coefficient (Wildman–Crippen LogP) is 1.37. The number of halogens is 1. The number of hydrogen-bond acceptors (Lipinski definition) is 4. The molecule has 5 heteroatoms. The van der Waals surface area contributed by atoms with Crippen molar-refractivity contribution < 1.29 is 14.2 Å². The highest BCUT2D eigenvalue weighted by atomic mass is 35.5. The fourth-order valence-electron chi connectivity index (χ4n) is 1.89. The minimum Gasteiger partial charge on any atom is -0.382 e. The summed E-state index contributed by atoms with van der Waals surface area (Å²) in [5.74, 6) is 0.577. The summed E-state index contributed by atoms with van der Waals surface area (Å²) in [4.78, 5) is 2.43. The number of methoxy groups -OCH3 is 1. The number of rotatable bonds is 8. The summed E-state index contributed by atoms with van der Waals surface area (Å²) in [5.41, 5.74) is 0. The lowest BCUT2D eigenvalue weighted by Gasteiger charge is -2.37. The Balaban J connectivity index is 2.07. The molecule has 0 radical (unpaired) electrons. The Bertz CT molecular complexity index is 195. The Kier molecular flexibility index (Phi) is 8.14. The average molecular weight is 266 g/mol. The first-order chi connectivity index (χ1) is 8.27. The fraction of sp³-hybridized carbons (Fsp3) is 1.00. The van der Waals surface area contributed by atoms with Gasteiger partial charge in [-0.05, 0) is 13.3 Å². The van der Waals surface area contributed by atoms with E-state index in [1.165, 1.54) is 0 Å². The van der Waals surface area contributed by atoms with Gasteiger partial charge in [0.25, 0.3) is 0 Å². The van der Waals surface area contributed by atoms with Crippen molar-refractivity contribution in [3.05, 3.63) is 0 Å². The molecule has 0 bridgehead atoms. The zero-order valence-electron chi connectivity index (χ0n) is 10.9. The molecule has 2 atom stereocenters. The number of morpholine rings is 1. The van der Waals surface area contributed by atoms with E-state index in [0.717, 1.165) is 32.7 Å². The van der Waals surface area contributed by atoms with Crippen LogP contribution in [0.5, 0.6) is 0 Å². The highest BCUT2D eigenvalue weighted by molar-refractivity contribution is 6.18. The zero-order valence-corrected chi connectivity index (χ0v) is 11.6. The molecule has 0 aromatic rings. The molecule has 1 aliphatic rings. The third-order valence-corrected chi connectivity index (χ3v) is 3.32. The molecule has 4 nitrogen and oxygen atoms in total. The molecule has 0 N–H and O–H groups in total. The second-order valence-corrected chi connectivity index (χ2v) is 4.72.